The number of hydrogen-bond donors (Lipinski definition) is 1. The van der Waals surface area contributed by atoms with Gasteiger partial charge in [0.15, 0.2) is 5.65 Å². The lowest BCUT2D eigenvalue weighted by atomic mass is 9.81. The van der Waals surface area contributed by atoms with E-state index in [2.05, 4.69) is 27.2 Å². The van der Waals surface area contributed by atoms with Gasteiger partial charge in [-0.25, -0.2) is 9.67 Å². The van der Waals surface area contributed by atoms with Crippen LogP contribution in [0.15, 0.2) is 41.3 Å². The summed E-state index contributed by atoms with van der Waals surface area (Å²) in [7, 11) is 0. The van der Waals surface area contributed by atoms with E-state index in [9.17, 15) is 4.79 Å². The summed E-state index contributed by atoms with van der Waals surface area (Å²) in [4.78, 5) is 19.9. The van der Waals surface area contributed by atoms with Crippen LogP contribution in [0.25, 0.3) is 11.0 Å². The minimum absolute atomic E-state index is 0.111. The maximum Gasteiger partial charge on any atom is 0.262 e. The van der Waals surface area contributed by atoms with Crippen molar-refractivity contribution in [2.24, 2.45) is 0 Å². The molecule has 0 spiro atoms. The van der Waals surface area contributed by atoms with E-state index in [-0.39, 0.29) is 23.6 Å². The number of ether oxygens (including phenoxy) is 1. The minimum atomic E-state index is -0.111. The van der Waals surface area contributed by atoms with Crippen LogP contribution in [0.5, 0.6) is 0 Å². The second kappa shape index (κ2) is 6.44. The van der Waals surface area contributed by atoms with E-state index in [0.717, 1.165) is 18.7 Å². The number of H-pyrrole nitrogens is 1. The molecular formula is C19H22N4O2. The molecule has 0 radical (unpaired) electrons. The van der Waals surface area contributed by atoms with E-state index in [1.54, 1.807) is 10.9 Å². The van der Waals surface area contributed by atoms with Gasteiger partial charge in [0.25, 0.3) is 5.56 Å². The van der Waals surface area contributed by atoms with E-state index in [1.165, 1.54) is 5.56 Å². The molecule has 0 unspecified atom stereocenters. The second-order valence-corrected chi connectivity index (χ2v) is 6.96. The van der Waals surface area contributed by atoms with Gasteiger partial charge in [-0.1, -0.05) is 30.3 Å². The maximum absolute atomic E-state index is 12.3. The van der Waals surface area contributed by atoms with Crippen molar-refractivity contribution in [1.29, 1.82) is 0 Å². The molecule has 3 aromatic rings. The minimum Gasteiger partial charge on any atom is -0.373 e. The molecule has 1 aromatic carbocycles. The van der Waals surface area contributed by atoms with Gasteiger partial charge in [-0.15, -0.1) is 0 Å². The Morgan fingerprint density at radius 1 is 1.28 bits per heavy atom. The molecule has 6 nitrogen and oxygen atoms in total. The van der Waals surface area contributed by atoms with Gasteiger partial charge >= 0.3 is 0 Å². The van der Waals surface area contributed by atoms with Crippen molar-refractivity contribution < 1.29 is 4.74 Å². The molecule has 2 heterocycles. The van der Waals surface area contributed by atoms with Crippen molar-refractivity contribution in [3.05, 3.63) is 58.3 Å². The molecule has 1 fully saturated rings. The number of nitrogens with zero attached hydrogens (tertiary/aromatic N) is 3. The lowest BCUT2D eigenvalue weighted by Gasteiger charge is -2.34. The Kier molecular flexibility index (Phi) is 4.13. The Morgan fingerprint density at radius 2 is 2.04 bits per heavy atom. The first-order valence-corrected chi connectivity index (χ1v) is 8.75. The quantitative estimate of drug-likeness (QED) is 0.775. The molecule has 0 aliphatic heterocycles. The fourth-order valence-corrected chi connectivity index (χ4v) is 3.24. The SMILES string of the molecule is CC(C)n1ncc2c(=O)[nH]c(C3CC(OCc4ccccc4)C3)nc21. The highest BCUT2D eigenvalue weighted by molar-refractivity contribution is 5.73. The Morgan fingerprint density at radius 3 is 2.76 bits per heavy atom. The van der Waals surface area contributed by atoms with Crippen LogP contribution in [0, 0.1) is 0 Å². The number of rotatable bonds is 5. The topological polar surface area (TPSA) is 72.8 Å². The van der Waals surface area contributed by atoms with Gasteiger partial charge in [0.2, 0.25) is 0 Å². The molecule has 0 saturated heterocycles. The number of aromatic nitrogens is 4. The van der Waals surface area contributed by atoms with Crippen molar-refractivity contribution in [2.45, 2.75) is 51.4 Å². The van der Waals surface area contributed by atoms with Crippen molar-refractivity contribution in [3.63, 3.8) is 0 Å². The Balaban J connectivity index is 1.45. The molecule has 1 N–H and O–H groups in total. The van der Waals surface area contributed by atoms with E-state index < -0.39 is 0 Å². The molecule has 2 aromatic heterocycles. The molecule has 25 heavy (non-hydrogen) atoms. The Bertz CT molecular complexity index is 923. The highest BCUT2D eigenvalue weighted by Gasteiger charge is 2.33. The Labute approximate surface area is 145 Å². The van der Waals surface area contributed by atoms with Gasteiger partial charge in [0, 0.05) is 12.0 Å². The Hall–Kier alpha value is -2.47. The summed E-state index contributed by atoms with van der Waals surface area (Å²) in [6.07, 6.45) is 3.59. The third-order valence-corrected chi connectivity index (χ3v) is 4.78. The molecule has 0 atom stereocenters. The van der Waals surface area contributed by atoms with Crippen LogP contribution in [-0.2, 0) is 11.3 Å². The highest BCUT2D eigenvalue weighted by atomic mass is 16.5. The number of nitrogens with one attached hydrogen (secondary N) is 1. The van der Waals surface area contributed by atoms with Crippen LogP contribution < -0.4 is 5.56 Å². The van der Waals surface area contributed by atoms with Crippen molar-refractivity contribution in [3.8, 4) is 0 Å². The molecule has 4 rings (SSSR count). The predicted molar refractivity (Wildman–Crippen MR) is 95.5 cm³/mol. The van der Waals surface area contributed by atoms with Gasteiger partial charge in [-0.3, -0.25) is 4.79 Å². The normalized spacial score (nSPS) is 20.1. The van der Waals surface area contributed by atoms with Crippen molar-refractivity contribution >= 4 is 11.0 Å². The number of hydrogen-bond acceptors (Lipinski definition) is 4. The first-order chi connectivity index (χ1) is 12.1. The summed E-state index contributed by atoms with van der Waals surface area (Å²) in [5.41, 5.74) is 1.74. The second-order valence-electron chi connectivity index (χ2n) is 6.96. The van der Waals surface area contributed by atoms with E-state index in [0.29, 0.717) is 17.6 Å². The average molecular weight is 338 g/mol. The lowest BCUT2D eigenvalue weighted by Crippen LogP contribution is -2.32. The predicted octanol–water partition coefficient (Wildman–Crippen LogP) is 3.16. The number of benzene rings is 1. The molecule has 1 saturated carbocycles. The summed E-state index contributed by atoms with van der Waals surface area (Å²) in [5.74, 6) is 0.993. The first kappa shape index (κ1) is 16.0. The van der Waals surface area contributed by atoms with E-state index >= 15 is 0 Å². The molecule has 130 valence electrons. The summed E-state index contributed by atoms with van der Waals surface area (Å²) in [6, 6.07) is 10.3. The van der Waals surface area contributed by atoms with Crippen LogP contribution in [0.1, 0.15) is 50.0 Å². The third kappa shape index (κ3) is 3.09. The maximum atomic E-state index is 12.3. The lowest BCUT2D eigenvalue weighted by molar-refractivity contribution is -0.0222. The van der Waals surface area contributed by atoms with Gasteiger partial charge in [-0.05, 0) is 32.3 Å². The van der Waals surface area contributed by atoms with Crippen molar-refractivity contribution in [1.82, 2.24) is 19.7 Å². The average Bonchev–Trinajstić information content (AvgIpc) is 2.99. The van der Waals surface area contributed by atoms with Crippen LogP contribution in [0.4, 0.5) is 0 Å². The number of fused-ring (bicyclic) bond motifs is 1. The smallest absolute Gasteiger partial charge is 0.262 e. The summed E-state index contributed by atoms with van der Waals surface area (Å²) < 4.78 is 7.74. The zero-order valence-electron chi connectivity index (χ0n) is 14.5. The van der Waals surface area contributed by atoms with Gasteiger partial charge in [-0.2, -0.15) is 5.10 Å². The molecular weight excluding hydrogens is 316 g/mol. The molecule has 0 bridgehead atoms. The van der Waals surface area contributed by atoms with E-state index in [4.69, 9.17) is 4.74 Å². The first-order valence-electron chi connectivity index (χ1n) is 8.75. The third-order valence-electron chi connectivity index (χ3n) is 4.78. The molecule has 1 aliphatic carbocycles. The largest absolute Gasteiger partial charge is 0.373 e. The molecule has 0 amide bonds. The van der Waals surface area contributed by atoms with Crippen LogP contribution in [0.3, 0.4) is 0 Å². The van der Waals surface area contributed by atoms with Crippen molar-refractivity contribution in [2.75, 3.05) is 0 Å². The van der Waals surface area contributed by atoms with Gasteiger partial charge in [0.1, 0.15) is 11.2 Å². The van der Waals surface area contributed by atoms with E-state index in [1.807, 2.05) is 32.0 Å². The van der Waals surface area contributed by atoms with Crippen LogP contribution >= 0.6 is 0 Å². The van der Waals surface area contributed by atoms with Gasteiger partial charge < -0.3 is 9.72 Å². The van der Waals surface area contributed by atoms with Crippen LogP contribution in [-0.4, -0.2) is 25.9 Å². The number of aromatic amines is 1. The summed E-state index contributed by atoms with van der Waals surface area (Å²) in [5, 5.41) is 4.84. The zero-order chi connectivity index (χ0) is 17.4. The summed E-state index contributed by atoms with van der Waals surface area (Å²) >= 11 is 0. The van der Waals surface area contributed by atoms with Crippen LogP contribution in [0.2, 0.25) is 0 Å². The highest BCUT2D eigenvalue weighted by Crippen LogP contribution is 2.37. The molecule has 1 aliphatic rings. The zero-order valence-corrected chi connectivity index (χ0v) is 14.5. The fraction of sp³-hybridized carbons (Fsp3) is 0.421. The van der Waals surface area contributed by atoms with Gasteiger partial charge in [0.05, 0.1) is 18.9 Å². The standard InChI is InChI=1S/C19H22N4O2/c1-12(2)23-18-16(10-20-23)19(24)22-17(21-18)14-8-15(9-14)25-11-13-6-4-3-5-7-13/h3-7,10,12,14-15H,8-9,11H2,1-2H3,(H,21,22,24). The molecule has 6 heteroatoms. The summed E-state index contributed by atoms with van der Waals surface area (Å²) in [6.45, 7) is 4.69. The fourth-order valence-electron chi connectivity index (χ4n) is 3.24. The monoisotopic (exact) mass is 338 g/mol.